The van der Waals surface area contributed by atoms with Gasteiger partial charge in [-0.15, -0.1) is 0 Å². The van der Waals surface area contributed by atoms with Gasteiger partial charge in [-0.05, 0) is 49.2 Å². The van der Waals surface area contributed by atoms with Gasteiger partial charge in [0, 0.05) is 40.5 Å². The maximum Gasteiger partial charge on any atom is 0.166 e. The zero-order chi connectivity index (χ0) is 21.8. The van der Waals surface area contributed by atoms with Crippen molar-refractivity contribution in [3.8, 4) is 28.2 Å². The Morgan fingerprint density at radius 1 is 0.906 bits per heavy atom. The molecule has 158 valence electrons. The summed E-state index contributed by atoms with van der Waals surface area (Å²) in [5.41, 5.74) is 4.37. The summed E-state index contributed by atoms with van der Waals surface area (Å²) >= 11 is 12.8. The molecule has 0 bridgehead atoms. The Bertz CT molecular complexity index is 1470. The molecule has 6 rings (SSSR count). The molecule has 3 aromatic heterocycles. The van der Waals surface area contributed by atoms with E-state index in [2.05, 4.69) is 0 Å². The lowest BCUT2D eigenvalue weighted by molar-refractivity contribution is 0.629. The first-order chi connectivity index (χ1) is 15.6. The van der Waals surface area contributed by atoms with E-state index in [1.807, 2.05) is 53.4 Å². The second-order valence-electron chi connectivity index (χ2n) is 7.96. The lowest BCUT2D eigenvalue weighted by Gasteiger charge is -2.11. The SMILES string of the molecule is Fc1ccccc1-c1cc(-n2cccc2)nc2c(-c3ccc(Cl)cc3Cl)c(C3CC3)nn12. The van der Waals surface area contributed by atoms with Crippen LogP contribution < -0.4 is 0 Å². The molecule has 32 heavy (non-hydrogen) atoms. The highest BCUT2D eigenvalue weighted by atomic mass is 35.5. The third-order valence-electron chi connectivity index (χ3n) is 5.79. The van der Waals surface area contributed by atoms with Crippen LogP contribution in [-0.2, 0) is 0 Å². The van der Waals surface area contributed by atoms with Crippen molar-refractivity contribution >= 4 is 28.8 Å². The summed E-state index contributed by atoms with van der Waals surface area (Å²) in [6.07, 6.45) is 5.94. The van der Waals surface area contributed by atoms with Crippen molar-refractivity contribution in [3.05, 3.63) is 94.6 Å². The van der Waals surface area contributed by atoms with Crippen molar-refractivity contribution in [2.24, 2.45) is 0 Å². The van der Waals surface area contributed by atoms with Gasteiger partial charge in [-0.25, -0.2) is 13.9 Å². The maximum atomic E-state index is 14.9. The number of halogens is 3. The number of hydrogen-bond acceptors (Lipinski definition) is 2. The second-order valence-corrected chi connectivity index (χ2v) is 8.81. The van der Waals surface area contributed by atoms with Crippen LogP contribution >= 0.6 is 23.2 Å². The number of rotatable bonds is 4. The van der Waals surface area contributed by atoms with Gasteiger partial charge in [-0.1, -0.05) is 41.4 Å². The molecule has 0 aliphatic heterocycles. The fourth-order valence-electron chi connectivity index (χ4n) is 4.09. The van der Waals surface area contributed by atoms with E-state index in [0.717, 1.165) is 29.7 Å². The minimum atomic E-state index is -0.312. The topological polar surface area (TPSA) is 35.1 Å². The molecule has 0 atom stereocenters. The Morgan fingerprint density at radius 3 is 2.41 bits per heavy atom. The zero-order valence-corrected chi connectivity index (χ0v) is 18.4. The second kappa shape index (κ2) is 7.47. The number of aromatic nitrogens is 4. The van der Waals surface area contributed by atoms with Crippen molar-refractivity contribution < 1.29 is 4.39 Å². The number of hydrogen-bond donors (Lipinski definition) is 0. The quantitative estimate of drug-likeness (QED) is 0.283. The molecule has 0 saturated heterocycles. The van der Waals surface area contributed by atoms with Gasteiger partial charge in [-0.2, -0.15) is 5.10 Å². The zero-order valence-electron chi connectivity index (χ0n) is 16.8. The fraction of sp³-hybridized carbons (Fsp3) is 0.120. The van der Waals surface area contributed by atoms with E-state index in [1.54, 1.807) is 22.7 Å². The normalized spacial score (nSPS) is 13.7. The van der Waals surface area contributed by atoms with Crippen LogP contribution in [0.1, 0.15) is 24.5 Å². The summed E-state index contributed by atoms with van der Waals surface area (Å²) in [7, 11) is 0. The highest BCUT2D eigenvalue weighted by Crippen LogP contribution is 2.47. The van der Waals surface area contributed by atoms with E-state index in [9.17, 15) is 4.39 Å². The number of nitrogens with zero attached hydrogens (tertiary/aromatic N) is 4. The Hall–Kier alpha value is -3.15. The average Bonchev–Trinajstić information content (AvgIpc) is 3.34. The van der Waals surface area contributed by atoms with E-state index in [-0.39, 0.29) is 5.82 Å². The van der Waals surface area contributed by atoms with Crippen LogP contribution in [0.3, 0.4) is 0 Å². The predicted octanol–water partition coefficient (Wildman–Crippen LogP) is 7.18. The van der Waals surface area contributed by atoms with E-state index in [0.29, 0.717) is 38.7 Å². The Labute approximate surface area is 193 Å². The third kappa shape index (κ3) is 3.20. The van der Waals surface area contributed by atoms with Crippen LogP contribution in [0.2, 0.25) is 10.0 Å². The summed E-state index contributed by atoms with van der Waals surface area (Å²) in [4.78, 5) is 4.95. The van der Waals surface area contributed by atoms with Gasteiger partial charge in [-0.3, -0.25) is 0 Å². The van der Waals surface area contributed by atoms with Gasteiger partial charge in [0.25, 0.3) is 0 Å². The van der Waals surface area contributed by atoms with Crippen LogP contribution in [0.15, 0.2) is 73.1 Å². The van der Waals surface area contributed by atoms with Crippen LogP contribution in [0.25, 0.3) is 33.8 Å². The van der Waals surface area contributed by atoms with Crippen LogP contribution in [0.4, 0.5) is 4.39 Å². The van der Waals surface area contributed by atoms with Gasteiger partial charge in [0.05, 0.1) is 22.0 Å². The number of fused-ring (bicyclic) bond motifs is 1. The van der Waals surface area contributed by atoms with E-state index in [4.69, 9.17) is 33.3 Å². The highest BCUT2D eigenvalue weighted by Gasteiger charge is 2.33. The third-order valence-corrected chi connectivity index (χ3v) is 6.33. The molecule has 3 heterocycles. The molecule has 2 aromatic carbocycles. The summed E-state index contributed by atoms with van der Waals surface area (Å²) in [5.74, 6) is 0.698. The Morgan fingerprint density at radius 2 is 1.69 bits per heavy atom. The first-order valence-corrected chi connectivity index (χ1v) is 11.1. The fourth-order valence-corrected chi connectivity index (χ4v) is 4.60. The minimum absolute atomic E-state index is 0.312. The first-order valence-electron chi connectivity index (χ1n) is 10.4. The lowest BCUT2D eigenvalue weighted by atomic mass is 10.0. The van der Waals surface area contributed by atoms with Gasteiger partial charge in [0.15, 0.2) is 5.65 Å². The highest BCUT2D eigenvalue weighted by molar-refractivity contribution is 6.36. The monoisotopic (exact) mass is 462 g/mol. The molecule has 0 unspecified atom stereocenters. The minimum Gasteiger partial charge on any atom is -0.309 e. The molecule has 1 aliphatic rings. The molecule has 5 aromatic rings. The van der Waals surface area contributed by atoms with Crippen molar-refractivity contribution in [1.82, 2.24) is 19.2 Å². The van der Waals surface area contributed by atoms with E-state index in [1.165, 1.54) is 6.07 Å². The molecule has 0 amide bonds. The molecule has 0 N–H and O–H groups in total. The lowest BCUT2D eigenvalue weighted by Crippen LogP contribution is -2.03. The van der Waals surface area contributed by atoms with Gasteiger partial charge >= 0.3 is 0 Å². The number of benzene rings is 2. The standard InChI is InChI=1S/C25H17Cl2FN4/c26-16-9-10-17(19(27)13-16)23-24(15-7-8-15)30-32-21(18-5-1-2-6-20(18)28)14-22(29-25(23)32)31-11-3-4-12-31/h1-6,9-15H,7-8H2. The molecule has 1 saturated carbocycles. The Balaban J connectivity index is 1.73. The van der Waals surface area contributed by atoms with Crippen LogP contribution in [-0.4, -0.2) is 19.2 Å². The van der Waals surface area contributed by atoms with Crippen molar-refractivity contribution in [1.29, 1.82) is 0 Å². The summed E-state index contributed by atoms with van der Waals surface area (Å²) < 4.78 is 18.5. The summed E-state index contributed by atoms with van der Waals surface area (Å²) in [5, 5.41) is 6.04. The summed E-state index contributed by atoms with van der Waals surface area (Å²) in [6, 6.07) is 17.9. The van der Waals surface area contributed by atoms with Crippen molar-refractivity contribution in [3.63, 3.8) is 0 Å². The Kier molecular flexibility index (Phi) is 4.56. The first kappa shape index (κ1) is 19.5. The van der Waals surface area contributed by atoms with E-state index >= 15 is 0 Å². The van der Waals surface area contributed by atoms with E-state index < -0.39 is 0 Å². The van der Waals surface area contributed by atoms with Crippen molar-refractivity contribution in [2.45, 2.75) is 18.8 Å². The van der Waals surface area contributed by atoms with Gasteiger partial charge in [0.1, 0.15) is 11.6 Å². The van der Waals surface area contributed by atoms with Crippen molar-refractivity contribution in [2.75, 3.05) is 0 Å². The molecule has 1 fully saturated rings. The molecule has 4 nitrogen and oxygen atoms in total. The molecule has 0 spiro atoms. The van der Waals surface area contributed by atoms with Gasteiger partial charge in [0.2, 0.25) is 0 Å². The summed E-state index contributed by atoms with van der Waals surface area (Å²) in [6.45, 7) is 0. The molecular formula is C25H17Cl2FN4. The average molecular weight is 463 g/mol. The molecule has 1 aliphatic carbocycles. The molecule has 7 heteroatoms. The predicted molar refractivity (Wildman–Crippen MR) is 125 cm³/mol. The van der Waals surface area contributed by atoms with Gasteiger partial charge < -0.3 is 4.57 Å². The van der Waals surface area contributed by atoms with Crippen LogP contribution in [0, 0.1) is 5.82 Å². The molecule has 0 radical (unpaired) electrons. The van der Waals surface area contributed by atoms with Crippen LogP contribution in [0.5, 0.6) is 0 Å². The molecular weight excluding hydrogens is 446 g/mol. The largest absolute Gasteiger partial charge is 0.309 e. The maximum absolute atomic E-state index is 14.9. The smallest absolute Gasteiger partial charge is 0.166 e.